The van der Waals surface area contributed by atoms with Crippen molar-refractivity contribution in [1.82, 2.24) is 10.2 Å². The van der Waals surface area contributed by atoms with Crippen molar-refractivity contribution in [1.29, 1.82) is 0 Å². The molecular weight excluding hydrogens is 331 g/mol. The Morgan fingerprint density at radius 3 is 2.70 bits per heavy atom. The van der Waals surface area contributed by atoms with Crippen molar-refractivity contribution in [2.24, 2.45) is 0 Å². The fraction of sp³-hybridized carbons (Fsp3) is 0.278. The number of likely N-dealkylation sites (tertiary alicyclic amines) is 1. The van der Waals surface area contributed by atoms with Crippen LogP contribution in [-0.4, -0.2) is 29.9 Å². The Hall–Kier alpha value is -1.55. The Bertz CT molecular complexity index is 691. The van der Waals surface area contributed by atoms with Gasteiger partial charge in [-0.05, 0) is 30.2 Å². The zero-order valence-corrected chi connectivity index (χ0v) is 14.1. The summed E-state index contributed by atoms with van der Waals surface area (Å²) in [5, 5.41) is 3.98. The van der Waals surface area contributed by atoms with Crippen molar-refractivity contribution in [3.63, 3.8) is 0 Å². The molecule has 2 aromatic rings. The highest BCUT2D eigenvalue weighted by atomic mass is 35.5. The van der Waals surface area contributed by atoms with Crippen molar-refractivity contribution < 1.29 is 4.79 Å². The molecule has 2 aromatic carbocycles. The van der Waals surface area contributed by atoms with Crippen LogP contribution in [0.3, 0.4) is 0 Å². The Morgan fingerprint density at radius 2 is 1.96 bits per heavy atom. The van der Waals surface area contributed by atoms with Gasteiger partial charge in [-0.25, -0.2) is 0 Å². The quantitative estimate of drug-likeness (QED) is 0.905. The minimum Gasteiger partial charge on any atom is -0.348 e. The molecule has 1 heterocycles. The van der Waals surface area contributed by atoms with Crippen LogP contribution in [-0.2, 0) is 6.54 Å². The van der Waals surface area contributed by atoms with Crippen molar-refractivity contribution in [2.45, 2.75) is 19.0 Å². The predicted octanol–water partition coefficient (Wildman–Crippen LogP) is 4.00. The van der Waals surface area contributed by atoms with E-state index in [-0.39, 0.29) is 11.9 Å². The molecule has 1 aliphatic rings. The molecule has 1 saturated heterocycles. The molecule has 0 aromatic heterocycles. The smallest absolute Gasteiger partial charge is 0.253 e. The van der Waals surface area contributed by atoms with Crippen LogP contribution in [0.25, 0.3) is 0 Å². The number of halogens is 2. The van der Waals surface area contributed by atoms with E-state index >= 15 is 0 Å². The van der Waals surface area contributed by atoms with E-state index < -0.39 is 0 Å². The van der Waals surface area contributed by atoms with Crippen molar-refractivity contribution >= 4 is 29.1 Å². The van der Waals surface area contributed by atoms with Gasteiger partial charge in [-0.3, -0.25) is 9.69 Å². The fourth-order valence-corrected chi connectivity index (χ4v) is 3.37. The average molecular weight is 349 g/mol. The monoisotopic (exact) mass is 348 g/mol. The van der Waals surface area contributed by atoms with Crippen LogP contribution >= 0.6 is 23.2 Å². The lowest BCUT2D eigenvalue weighted by atomic mass is 10.2. The molecule has 0 radical (unpaired) electrons. The van der Waals surface area contributed by atoms with Gasteiger partial charge in [0.25, 0.3) is 5.91 Å². The number of carbonyl (C=O) groups excluding carboxylic acids is 1. The molecule has 0 aliphatic carbocycles. The van der Waals surface area contributed by atoms with Crippen LogP contribution in [0.1, 0.15) is 22.3 Å². The highest BCUT2D eigenvalue weighted by molar-refractivity contribution is 6.36. The SMILES string of the molecule is O=C(NC1CCN(Cc2ccccc2)C1)c1ccc(Cl)cc1Cl. The first-order valence-electron chi connectivity index (χ1n) is 7.64. The number of nitrogens with zero attached hydrogens (tertiary/aromatic N) is 1. The first kappa shape index (κ1) is 16.3. The van der Waals surface area contributed by atoms with Gasteiger partial charge in [0.1, 0.15) is 0 Å². The summed E-state index contributed by atoms with van der Waals surface area (Å²) in [7, 11) is 0. The number of amides is 1. The minimum atomic E-state index is -0.141. The molecule has 23 heavy (non-hydrogen) atoms. The van der Waals surface area contributed by atoms with Crippen LogP contribution in [0.15, 0.2) is 48.5 Å². The standard InChI is InChI=1S/C18H18Cl2N2O/c19-14-6-7-16(17(20)10-14)18(23)21-15-8-9-22(12-15)11-13-4-2-1-3-5-13/h1-7,10,15H,8-9,11-12H2,(H,21,23). The third-order valence-electron chi connectivity index (χ3n) is 4.03. The van der Waals surface area contributed by atoms with Crippen LogP contribution in [0.2, 0.25) is 10.0 Å². The Labute approximate surface area is 146 Å². The van der Waals surface area contributed by atoms with Gasteiger partial charge < -0.3 is 5.32 Å². The van der Waals surface area contributed by atoms with Crippen molar-refractivity contribution in [2.75, 3.05) is 13.1 Å². The lowest BCUT2D eigenvalue weighted by Gasteiger charge is -2.17. The highest BCUT2D eigenvalue weighted by Gasteiger charge is 2.24. The van der Waals surface area contributed by atoms with Gasteiger partial charge in [0, 0.05) is 30.7 Å². The van der Waals surface area contributed by atoms with Crippen LogP contribution in [0.5, 0.6) is 0 Å². The molecule has 1 unspecified atom stereocenters. The largest absolute Gasteiger partial charge is 0.348 e. The Balaban J connectivity index is 1.56. The molecule has 5 heteroatoms. The Morgan fingerprint density at radius 1 is 1.17 bits per heavy atom. The summed E-state index contributed by atoms with van der Waals surface area (Å²) in [5.74, 6) is -0.141. The van der Waals surface area contributed by atoms with Crippen LogP contribution in [0, 0.1) is 0 Å². The second kappa shape index (κ2) is 7.35. The molecule has 0 saturated carbocycles. The van der Waals surface area contributed by atoms with Gasteiger partial charge in [-0.15, -0.1) is 0 Å². The number of hydrogen-bond acceptors (Lipinski definition) is 2. The first-order valence-corrected chi connectivity index (χ1v) is 8.39. The summed E-state index contributed by atoms with van der Waals surface area (Å²) < 4.78 is 0. The number of nitrogens with one attached hydrogen (secondary N) is 1. The number of benzene rings is 2. The van der Waals surface area contributed by atoms with Gasteiger partial charge in [0.05, 0.1) is 10.6 Å². The van der Waals surface area contributed by atoms with Crippen molar-refractivity contribution in [3.8, 4) is 0 Å². The van der Waals surface area contributed by atoms with E-state index in [1.807, 2.05) is 18.2 Å². The molecule has 3 nitrogen and oxygen atoms in total. The van der Waals surface area contributed by atoms with E-state index in [1.54, 1.807) is 18.2 Å². The average Bonchev–Trinajstić information content (AvgIpc) is 2.95. The lowest BCUT2D eigenvalue weighted by molar-refractivity contribution is 0.0938. The molecule has 1 fully saturated rings. The van der Waals surface area contributed by atoms with E-state index in [1.165, 1.54) is 5.56 Å². The molecule has 1 N–H and O–H groups in total. The molecule has 1 amide bonds. The normalized spacial score (nSPS) is 18.1. The summed E-state index contributed by atoms with van der Waals surface area (Å²) in [4.78, 5) is 14.7. The van der Waals surface area contributed by atoms with Gasteiger partial charge in [0.2, 0.25) is 0 Å². The summed E-state index contributed by atoms with van der Waals surface area (Å²) >= 11 is 12.0. The topological polar surface area (TPSA) is 32.3 Å². The van der Waals surface area contributed by atoms with E-state index in [4.69, 9.17) is 23.2 Å². The molecule has 1 aliphatic heterocycles. The van der Waals surface area contributed by atoms with Crippen LogP contribution < -0.4 is 5.32 Å². The van der Waals surface area contributed by atoms with E-state index in [0.717, 1.165) is 26.1 Å². The molecule has 0 spiro atoms. The second-order valence-corrected chi connectivity index (χ2v) is 6.65. The maximum atomic E-state index is 12.3. The summed E-state index contributed by atoms with van der Waals surface area (Å²) in [6, 6.07) is 15.5. The predicted molar refractivity (Wildman–Crippen MR) is 94.1 cm³/mol. The second-order valence-electron chi connectivity index (χ2n) is 5.80. The third kappa shape index (κ3) is 4.25. The van der Waals surface area contributed by atoms with Gasteiger partial charge in [-0.1, -0.05) is 53.5 Å². The van der Waals surface area contributed by atoms with E-state index in [9.17, 15) is 4.79 Å². The summed E-state index contributed by atoms with van der Waals surface area (Å²) in [6.07, 6.45) is 0.948. The number of carbonyl (C=O) groups is 1. The minimum absolute atomic E-state index is 0.141. The molecule has 3 rings (SSSR count). The highest BCUT2D eigenvalue weighted by Crippen LogP contribution is 2.21. The maximum Gasteiger partial charge on any atom is 0.253 e. The van der Waals surface area contributed by atoms with Crippen LogP contribution in [0.4, 0.5) is 0 Å². The summed E-state index contributed by atoms with van der Waals surface area (Å²) in [5.41, 5.74) is 1.76. The number of rotatable bonds is 4. The zero-order valence-electron chi connectivity index (χ0n) is 12.6. The third-order valence-corrected chi connectivity index (χ3v) is 4.58. The lowest BCUT2D eigenvalue weighted by Crippen LogP contribution is -2.37. The van der Waals surface area contributed by atoms with E-state index in [0.29, 0.717) is 15.6 Å². The number of hydrogen-bond donors (Lipinski definition) is 1. The fourth-order valence-electron chi connectivity index (χ4n) is 2.87. The molecule has 1 atom stereocenters. The first-order chi connectivity index (χ1) is 11.1. The Kier molecular flexibility index (Phi) is 5.21. The molecule has 0 bridgehead atoms. The maximum absolute atomic E-state index is 12.3. The van der Waals surface area contributed by atoms with Gasteiger partial charge in [-0.2, -0.15) is 0 Å². The van der Waals surface area contributed by atoms with Gasteiger partial charge >= 0.3 is 0 Å². The van der Waals surface area contributed by atoms with Gasteiger partial charge in [0.15, 0.2) is 0 Å². The molecular formula is C18H18Cl2N2O. The summed E-state index contributed by atoms with van der Waals surface area (Å²) in [6.45, 7) is 2.74. The van der Waals surface area contributed by atoms with E-state index in [2.05, 4.69) is 22.3 Å². The molecule has 120 valence electrons. The van der Waals surface area contributed by atoms with Crippen molar-refractivity contribution in [3.05, 3.63) is 69.7 Å². The zero-order chi connectivity index (χ0) is 16.2.